The van der Waals surface area contributed by atoms with Gasteiger partial charge in [0.05, 0.1) is 0 Å². The van der Waals surface area contributed by atoms with E-state index >= 15 is 0 Å². The quantitative estimate of drug-likeness (QED) is 0.909. The molecule has 100 valence electrons. The van der Waals surface area contributed by atoms with Crippen molar-refractivity contribution in [1.29, 1.82) is 0 Å². The number of halogens is 2. The van der Waals surface area contributed by atoms with Crippen LogP contribution in [0.15, 0.2) is 22.7 Å². The summed E-state index contributed by atoms with van der Waals surface area (Å²) in [6.45, 7) is 4.35. The van der Waals surface area contributed by atoms with E-state index in [1.165, 1.54) is 24.9 Å². The summed E-state index contributed by atoms with van der Waals surface area (Å²) in [7, 11) is 2.20. The van der Waals surface area contributed by atoms with E-state index in [1.807, 2.05) is 18.2 Å². The lowest BCUT2D eigenvalue weighted by Gasteiger charge is -2.35. The van der Waals surface area contributed by atoms with Gasteiger partial charge in [0.1, 0.15) is 0 Å². The van der Waals surface area contributed by atoms with Crippen molar-refractivity contribution < 1.29 is 0 Å². The molecule has 0 bridgehead atoms. The van der Waals surface area contributed by atoms with Crippen LogP contribution in [0.2, 0.25) is 5.02 Å². The van der Waals surface area contributed by atoms with E-state index in [2.05, 4.69) is 40.1 Å². The third-order valence-electron chi connectivity index (χ3n) is 3.80. The Hall–Kier alpha value is -0.0900. The monoisotopic (exact) mass is 330 g/mol. The highest BCUT2D eigenvalue weighted by Crippen LogP contribution is 2.22. The van der Waals surface area contributed by atoms with Crippen molar-refractivity contribution in [2.45, 2.75) is 38.4 Å². The van der Waals surface area contributed by atoms with Crippen molar-refractivity contribution in [3.05, 3.63) is 33.3 Å². The van der Waals surface area contributed by atoms with Crippen molar-refractivity contribution in [3.63, 3.8) is 0 Å². The molecule has 2 unspecified atom stereocenters. The fraction of sp³-hybridized carbons (Fsp3) is 0.571. The Labute approximate surface area is 123 Å². The number of piperidine rings is 1. The summed E-state index contributed by atoms with van der Waals surface area (Å²) in [4.78, 5) is 2.42. The van der Waals surface area contributed by atoms with E-state index in [9.17, 15) is 0 Å². The largest absolute Gasteiger partial charge is 0.310 e. The van der Waals surface area contributed by atoms with E-state index < -0.39 is 0 Å². The number of nitrogens with one attached hydrogen (secondary N) is 1. The maximum atomic E-state index is 6.03. The summed E-state index contributed by atoms with van der Waals surface area (Å²) < 4.78 is 1.13. The minimum atomic E-state index is 0.613. The molecule has 0 spiro atoms. The number of likely N-dealkylation sites (tertiary alicyclic amines) is 1. The molecular formula is C14H20BrClN2. The summed E-state index contributed by atoms with van der Waals surface area (Å²) >= 11 is 9.60. The zero-order valence-electron chi connectivity index (χ0n) is 10.9. The normalized spacial score (nSPS) is 25.3. The number of rotatable bonds is 3. The van der Waals surface area contributed by atoms with Gasteiger partial charge in [-0.1, -0.05) is 27.5 Å². The van der Waals surface area contributed by atoms with Crippen LogP contribution in [0.5, 0.6) is 0 Å². The zero-order valence-corrected chi connectivity index (χ0v) is 13.3. The SMILES string of the molecule is CC1CC(NCc2cc(Cl)ccc2Br)CCN1C. The Morgan fingerprint density at radius 1 is 1.50 bits per heavy atom. The predicted molar refractivity (Wildman–Crippen MR) is 81.1 cm³/mol. The topological polar surface area (TPSA) is 15.3 Å². The zero-order chi connectivity index (χ0) is 13.1. The van der Waals surface area contributed by atoms with Gasteiger partial charge in [0.2, 0.25) is 0 Å². The van der Waals surface area contributed by atoms with Gasteiger partial charge in [-0.2, -0.15) is 0 Å². The maximum Gasteiger partial charge on any atom is 0.0410 e. The molecule has 1 aromatic rings. The van der Waals surface area contributed by atoms with E-state index in [0.29, 0.717) is 12.1 Å². The lowest BCUT2D eigenvalue weighted by Crippen LogP contribution is -2.45. The average molecular weight is 332 g/mol. The lowest BCUT2D eigenvalue weighted by atomic mass is 9.99. The van der Waals surface area contributed by atoms with E-state index in [-0.39, 0.29) is 0 Å². The smallest absolute Gasteiger partial charge is 0.0410 e. The Morgan fingerprint density at radius 3 is 3.00 bits per heavy atom. The average Bonchev–Trinajstić information content (AvgIpc) is 2.34. The second-order valence-electron chi connectivity index (χ2n) is 5.17. The molecule has 2 nitrogen and oxygen atoms in total. The van der Waals surface area contributed by atoms with Gasteiger partial charge in [-0.3, -0.25) is 0 Å². The highest BCUT2D eigenvalue weighted by Gasteiger charge is 2.22. The summed E-state index contributed by atoms with van der Waals surface area (Å²) in [5.41, 5.74) is 1.23. The van der Waals surface area contributed by atoms with Gasteiger partial charge in [-0.05, 0) is 57.1 Å². The van der Waals surface area contributed by atoms with Crippen LogP contribution in [0, 0.1) is 0 Å². The molecule has 18 heavy (non-hydrogen) atoms. The number of nitrogens with zero attached hydrogens (tertiary/aromatic N) is 1. The predicted octanol–water partition coefficient (Wildman–Crippen LogP) is 3.67. The minimum absolute atomic E-state index is 0.613. The molecule has 0 saturated carbocycles. The van der Waals surface area contributed by atoms with Crippen LogP contribution in [-0.4, -0.2) is 30.6 Å². The standard InChI is InChI=1S/C14H20BrClN2/c1-10-7-13(5-6-18(10)2)17-9-11-8-12(16)3-4-14(11)15/h3-4,8,10,13,17H,5-7,9H2,1-2H3. The Balaban J connectivity index is 1.90. The highest BCUT2D eigenvalue weighted by molar-refractivity contribution is 9.10. The van der Waals surface area contributed by atoms with Gasteiger partial charge in [-0.15, -0.1) is 0 Å². The first-order valence-corrected chi connectivity index (χ1v) is 7.61. The van der Waals surface area contributed by atoms with Crippen LogP contribution in [0.3, 0.4) is 0 Å². The Kier molecular flexibility index (Phi) is 5.07. The third-order valence-corrected chi connectivity index (χ3v) is 4.81. The van der Waals surface area contributed by atoms with Crippen LogP contribution >= 0.6 is 27.5 Å². The van der Waals surface area contributed by atoms with Crippen molar-refractivity contribution in [2.24, 2.45) is 0 Å². The van der Waals surface area contributed by atoms with Crippen molar-refractivity contribution in [2.75, 3.05) is 13.6 Å². The molecule has 0 aliphatic carbocycles. The first kappa shape index (κ1) is 14.3. The second-order valence-corrected chi connectivity index (χ2v) is 6.46. The molecule has 1 aliphatic rings. The summed E-state index contributed by atoms with van der Waals surface area (Å²) in [5, 5.41) is 4.44. The molecule has 1 fully saturated rings. The van der Waals surface area contributed by atoms with Crippen LogP contribution in [0.1, 0.15) is 25.3 Å². The number of benzene rings is 1. The van der Waals surface area contributed by atoms with Crippen LogP contribution in [-0.2, 0) is 6.54 Å². The molecule has 1 aromatic carbocycles. The summed E-state index contributed by atoms with van der Waals surface area (Å²) in [6, 6.07) is 7.22. The molecule has 2 atom stereocenters. The molecule has 0 radical (unpaired) electrons. The fourth-order valence-electron chi connectivity index (χ4n) is 2.41. The van der Waals surface area contributed by atoms with Crippen molar-refractivity contribution in [1.82, 2.24) is 10.2 Å². The highest BCUT2D eigenvalue weighted by atomic mass is 79.9. The summed E-state index contributed by atoms with van der Waals surface area (Å²) in [6.07, 6.45) is 2.44. The molecule has 0 amide bonds. The molecule has 4 heteroatoms. The lowest BCUT2D eigenvalue weighted by molar-refractivity contribution is 0.168. The molecule has 2 rings (SSSR count). The molecular weight excluding hydrogens is 312 g/mol. The van der Waals surface area contributed by atoms with Crippen molar-refractivity contribution >= 4 is 27.5 Å². The van der Waals surface area contributed by atoms with Gasteiger partial charge in [0.15, 0.2) is 0 Å². The minimum Gasteiger partial charge on any atom is -0.310 e. The second kappa shape index (κ2) is 6.38. The first-order chi connectivity index (χ1) is 8.56. The van der Waals surface area contributed by atoms with E-state index in [1.54, 1.807) is 0 Å². The molecule has 1 N–H and O–H groups in total. The third kappa shape index (κ3) is 3.70. The number of hydrogen-bond donors (Lipinski definition) is 1. The summed E-state index contributed by atoms with van der Waals surface area (Å²) in [5.74, 6) is 0. The van der Waals surface area contributed by atoms with Crippen LogP contribution < -0.4 is 5.32 Å². The molecule has 1 aliphatic heterocycles. The van der Waals surface area contributed by atoms with Gasteiger partial charge >= 0.3 is 0 Å². The van der Waals surface area contributed by atoms with Gasteiger partial charge in [0.25, 0.3) is 0 Å². The molecule has 1 heterocycles. The molecule has 0 aromatic heterocycles. The number of hydrogen-bond acceptors (Lipinski definition) is 2. The maximum absolute atomic E-state index is 6.03. The fourth-order valence-corrected chi connectivity index (χ4v) is 2.99. The van der Waals surface area contributed by atoms with Crippen LogP contribution in [0.25, 0.3) is 0 Å². The van der Waals surface area contributed by atoms with Crippen LogP contribution in [0.4, 0.5) is 0 Å². The Morgan fingerprint density at radius 2 is 2.28 bits per heavy atom. The van der Waals surface area contributed by atoms with E-state index in [0.717, 1.165) is 16.0 Å². The van der Waals surface area contributed by atoms with Gasteiger partial charge in [-0.25, -0.2) is 0 Å². The first-order valence-electron chi connectivity index (χ1n) is 6.44. The van der Waals surface area contributed by atoms with Gasteiger partial charge in [0, 0.05) is 28.1 Å². The van der Waals surface area contributed by atoms with Gasteiger partial charge < -0.3 is 10.2 Å². The van der Waals surface area contributed by atoms with Crippen molar-refractivity contribution in [3.8, 4) is 0 Å². The van der Waals surface area contributed by atoms with E-state index in [4.69, 9.17) is 11.6 Å². The Bertz CT molecular complexity index is 411. The molecule has 1 saturated heterocycles.